The van der Waals surface area contributed by atoms with Gasteiger partial charge in [0.1, 0.15) is 17.8 Å². The molecule has 1 amide bonds. The van der Waals surface area contributed by atoms with Crippen molar-refractivity contribution in [2.45, 2.75) is 19.9 Å². The second-order valence-electron chi connectivity index (χ2n) is 6.88. The van der Waals surface area contributed by atoms with Gasteiger partial charge in [-0.1, -0.05) is 25.1 Å². The number of methoxy groups -OCH3 is 1. The molecule has 0 unspecified atom stereocenters. The van der Waals surface area contributed by atoms with Gasteiger partial charge in [0.2, 0.25) is 5.91 Å². The highest BCUT2D eigenvalue weighted by Crippen LogP contribution is 2.21. The number of aromatic nitrogens is 3. The van der Waals surface area contributed by atoms with E-state index in [4.69, 9.17) is 4.74 Å². The molecule has 7 heteroatoms. The van der Waals surface area contributed by atoms with E-state index in [0.29, 0.717) is 11.2 Å². The van der Waals surface area contributed by atoms with Gasteiger partial charge in [-0.25, -0.2) is 4.52 Å². The Bertz CT molecular complexity index is 1260. The summed E-state index contributed by atoms with van der Waals surface area (Å²) >= 11 is 0. The topological polar surface area (TPSA) is 77.6 Å². The van der Waals surface area contributed by atoms with Crippen LogP contribution in [0.25, 0.3) is 16.8 Å². The largest absolute Gasteiger partial charge is 0.497 e. The number of benzene rings is 2. The minimum Gasteiger partial charge on any atom is -0.497 e. The lowest BCUT2D eigenvalue weighted by molar-refractivity contribution is -0.116. The van der Waals surface area contributed by atoms with E-state index in [1.54, 1.807) is 25.6 Å². The lowest BCUT2D eigenvalue weighted by atomic mass is 10.1. The van der Waals surface area contributed by atoms with E-state index in [-0.39, 0.29) is 18.0 Å². The molecule has 7 nitrogen and oxygen atoms in total. The van der Waals surface area contributed by atoms with Crippen LogP contribution in [0.2, 0.25) is 0 Å². The summed E-state index contributed by atoms with van der Waals surface area (Å²) in [5.74, 6) is 0.498. The third kappa shape index (κ3) is 3.82. The van der Waals surface area contributed by atoms with Crippen LogP contribution in [0.4, 0.5) is 5.69 Å². The van der Waals surface area contributed by atoms with E-state index >= 15 is 0 Å². The van der Waals surface area contributed by atoms with Crippen molar-refractivity contribution in [3.05, 3.63) is 82.9 Å². The van der Waals surface area contributed by atoms with Gasteiger partial charge in [0, 0.05) is 23.6 Å². The number of para-hydroxylation sites is 1. The number of rotatable bonds is 6. The van der Waals surface area contributed by atoms with Crippen molar-refractivity contribution in [1.82, 2.24) is 14.2 Å². The maximum Gasteiger partial charge on any atom is 0.277 e. The molecule has 0 saturated heterocycles. The summed E-state index contributed by atoms with van der Waals surface area (Å²) in [5, 5.41) is 7.37. The monoisotopic (exact) mass is 402 g/mol. The second kappa shape index (κ2) is 8.24. The molecule has 2 heterocycles. The van der Waals surface area contributed by atoms with Crippen LogP contribution in [0.5, 0.6) is 5.75 Å². The number of aryl methyl sites for hydroxylation is 1. The molecular formula is C23H22N4O3. The number of nitrogens with zero attached hydrogens (tertiary/aromatic N) is 3. The summed E-state index contributed by atoms with van der Waals surface area (Å²) in [6, 6.07) is 16.8. The maximum atomic E-state index is 12.9. The molecule has 0 saturated carbocycles. The van der Waals surface area contributed by atoms with E-state index in [9.17, 15) is 9.59 Å². The van der Waals surface area contributed by atoms with Crippen LogP contribution < -0.4 is 15.6 Å². The Morgan fingerprint density at radius 2 is 1.87 bits per heavy atom. The third-order valence-electron chi connectivity index (χ3n) is 4.98. The van der Waals surface area contributed by atoms with Crippen LogP contribution in [-0.4, -0.2) is 27.2 Å². The second-order valence-corrected chi connectivity index (χ2v) is 6.88. The zero-order valence-electron chi connectivity index (χ0n) is 16.8. The summed E-state index contributed by atoms with van der Waals surface area (Å²) in [6.07, 6.45) is 4.06. The van der Waals surface area contributed by atoms with E-state index in [0.717, 1.165) is 29.0 Å². The third-order valence-corrected chi connectivity index (χ3v) is 4.98. The predicted molar refractivity (Wildman–Crippen MR) is 116 cm³/mol. The van der Waals surface area contributed by atoms with Crippen molar-refractivity contribution in [3.63, 3.8) is 0 Å². The van der Waals surface area contributed by atoms with Gasteiger partial charge in [-0.3, -0.25) is 9.59 Å². The fourth-order valence-electron chi connectivity index (χ4n) is 3.35. The van der Waals surface area contributed by atoms with Gasteiger partial charge in [0.05, 0.1) is 12.8 Å². The maximum absolute atomic E-state index is 12.9. The molecule has 0 aliphatic carbocycles. The molecule has 0 fully saturated rings. The first kappa shape index (κ1) is 19.4. The van der Waals surface area contributed by atoms with Gasteiger partial charge in [0.15, 0.2) is 0 Å². The minimum atomic E-state index is -0.274. The van der Waals surface area contributed by atoms with Gasteiger partial charge >= 0.3 is 0 Å². The number of carbonyl (C=O) groups is 1. The van der Waals surface area contributed by atoms with Crippen LogP contribution in [-0.2, 0) is 17.8 Å². The summed E-state index contributed by atoms with van der Waals surface area (Å²) in [7, 11) is 1.61. The van der Waals surface area contributed by atoms with E-state index in [2.05, 4.69) is 10.4 Å². The smallest absolute Gasteiger partial charge is 0.277 e. The molecule has 0 aliphatic rings. The van der Waals surface area contributed by atoms with Crippen molar-refractivity contribution >= 4 is 17.1 Å². The van der Waals surface area contributed by atoms with Crippen molar-refractivity contribution in [2.24, 2.45) is 0 Å². The van der Waals surface area contributed by atoms with Crippen LogP contribution >= 0.6 is 0 Å². The molecule has 0 radical (unpaired) electrons. The van der Waals surface area contributed by atoms with Gasteiger partial charge < -0.3 is 14.6 Å². The highest BCUT2D eigenvalue weighted by Gasteiger charge is 2.12. The fraction of sp³-hybridized carbons (Fsp3) is 0.174. The fourth-order valence-corrected chi connectivity index (χ4v) is 3.35. The number of carbonyl (C=O) groups excluding carboxylic acids is 1. The normalized spacial score (nSPS) is 10.9. The van der Waals surface area contributed by atoms with Gasteiger partial charge in [-0.15, -0.1) is 0 Å². The number of fused-ring (bicyclic) bond motifs is 1. The summed E-state index contributed by atoms with van der Waals surface area (Å²) in [6.45, 7) is 1.96. The predicted octanol–water partition coefficient (Wildman–Crippen LogP) is 3.37. The number of amides is 1. The van der Waals surface area contributed by atoms with Crippen molar-refractivity contribution in [1.29, 1.82) is 0 Å². The summed E-state index contributed by atoms with van der Waals surface area (Å²) in [4.78, 5) is 25.4. The number of hydrogen-bond donors (Lipinski definition) is 1. The molecule has 0 bridgehead atoms. The van der Waals surface area contributed by atoms with E-state index in [1.165, 1.54) is 9.08 Å². The zero-order valence-corrected chi connectivity index (χ0v) is 16.8. The Morgan fingerprint density at radius 1 is 1.10 bits per heavy atom. The zero-order chi connectivity index (χ0) is 21.1. The molecule has 0 spiro atoms. The summed E-state index contributed by atoms with van der Waals surface area (Å²) < 4.78 is 8.09. The van der Waals surface area contributed by atoms with Crippen molar-refractivity contribution in [2.75, 3.05) is 12.4 Å². The SMILES string of the molecule is CCc1ccccc1NC(=O)Cn1ccn2nc(-c3ccc(OC)cc3)cc2c1=O. The molecule has 0 aliphatic heterocycles. The lowest BCUT2D eigenvalue weighted by Gasteiger charge is -2.10. The van der Waals surface area contributed by atoms with Gasteiger partial charge in [-0.05, 0) is 48.4 Å². The molecule has 4 rings (SSSR count). The number of hydrogen-bond acceptors (Lipinski definition) is 4. The molecule has 4 aromatic rings. The molecule has 2 aromatic carbocycles. The lowest BCUT2D eigenvalue weighted by Crippen LogP contribution is -2.28. The Hall–Kier alpha value is -3.87. The molecule has 152 valence electrons. The molecule has 1 N–H and O–H groups in total. The van der Waals surface area contributed by atoms with E-state index < -0.39 is 0 Å². The Labute approximate surface area is 173 Å². The van der Waals surface area contributed by atoms with Crippen LogP contribution in [0.3, 0.4) is 0 Å². The molecular weight excluding hydrogens is 380 g/mol. The molecule has 2 aromatic heterocycles. The Balaban J connectivity index is 1.58. The number of anilines is 1. The quantitative estimate of drug-likeness (QED) is 0.536. The molecule has 30 heavy (non-hydrogen) atoms. The first-order valence-electron chi connectivity index (χ1n) is 9.70. The first-order valence-corrected chi connectivity index (χ1v) is 9.70. The van der Waals surface area contributed by atoms with Gasteiger partial charge in [-0.2, -0.15) is 5.10 Å². The average Bonchev–Trinajstić information content (AvgIpc) is 3.21. The van der Waals surface area contributed by atoms with Crippen molar-refractivity contribution in [3.8, 4) is 17.0 Å². The number of nitrogens with one attached hydrogen (secondary N) is 1. The van der Waals surface area contributed by atoms with Crippen LogP contribution in [0, 0.1) is 0 Å². The highest BCUT2D eigenvalue weighted by atomic mass is 16.5. The minimum absolute atomic E-state index is 0.0730. The number of ether oxygens (including phenoxy) is 1. The summed E-state index contributed by atoms with van der Waals surface area (Å²) in [5.41, 5.74) is 3.50. The van der Waals surface area contributed by atoms with Crippen molar-refractivity contribution < 1.29 is 9.53 Å². The van der Waals surface area contributed by atoms with Crippen LogP contribution in [0.15, 0.2) is 71.8 Å². The van der Waals surface area contributed by atoms with Gasteiger partial charge in [0.25, 0.3) is 5.56 Å². The molecule has 0 atom stereocenters. The first-order chi connectivity index (χ1) is 14.6. The highest BCUT2D eigenvalue weighted by molar-refractivity contribution is 5.91. The Morgan fingerprint density at radius 3 is 2.60 bits per heavy atom. The van der Waals surface area contributed by atoms with E-state index in [1.807, 2.05) is 55.5 Å². The average molecular weight is 402 g/mol. The Kier molecular flexibility index (Phi) is 5.34. The standard InChI is InChI=1S/C23H22N4O3/c1-3-16-6-4-5-7-19(16)24-22(28)15-26-12-13-27-21(23(26)29)14-20(25-27)17-8-10-18(30-2)11-9-17/h4-14H,3,15H2,1-2H3,(H,24,28). The van der Waals surface area contributed by atoms with Crippen LogP contribution in [0.1, 0.15) is 12.5 Å².